The maximum absolute atomic E-state index is 14.1. The number of hydrogen-bond acceptors (Lipinski definition) is 5. The van der Waals surface area contributed by atoms with Gasteiger partial charge >= 0.3 is 0 Å². The number of carbonyl (C=O) groups is 2. The highest BCUT2D eigenvalue weighted by Crippen LogP contribution is 2.23. The van der Waals surface area contributed by atoms with Crippen LogP contribution in [0.25, 0.3) is 11.0 Å². The van der Waals surface area contributed by atoms with E-state index in [1.54, 1.807) is 12.4 Å². The summed E-state index contributed by atoms with van der Waals surface area (Å²) in [4.78, 5) is 37.5. The van der Waals surface area contributed by atoms with Crippen LogP contribution in [0, 0.1) is 11.6 Å². The van der Waals surface area contributed by atoms with Gasteiger partial charge in [0.2, 0.25) is 5.91 Å². The number of aryl methyl sites for hydroxylation is 1. The van der Waals surface area contributed by atoms with Gasteiger partial charge in [0.1, 0.15) is 5.65 Å². The Bertz CT molecular complexity index is 1420. The van der Waals surface area contributed by atoms with Crippen molar-refractivity contribution in [2.45, 2.75) is 108 Å². The van der Waals surface area contributed by atoms with Gasteiger partial charge < -0.3 is 20.5 Å². The van der Waals surface area contributed by atoms with Crippen LogP contribution >= 0.6 is 11.6 Å². The summed E-state index contributed by atoms with van der Waals surface area (Å²) in [5, 5.41) is 8.00. The van der Waals surface area contributed by atoms with Gasteiger partial charge in [0.05, 0.1) is 17.1 Å². The standard InChI is InChI=1S/C35H46ClF2N5O2/c36-28-23-40-34-27(28)19-25(22-39-34)13-15-33(44)32(21-24-12-14-29(37)30(38)20-24)42-35(45)31(41-26-9-3-1-4-10-26)11-5-8-18-43-16-6-2-7-17-43/h12,14,19-20,22-23,26,31-32,41H,1-11,13,15-18,21H2,(H,39,40)(H,42,45)/t31-,32+/m1/s1. The van der Waals surface area contributed by atoms with Crippen molar-refractivity contribution in [1.29, 1.82) is 0 Å². The van der Waals surface area contributed by atoms with Crippen molar-refractivity contribution in [3.05, 3.63) is 64.4 Å². The van der Waals surface area contributed by atoms with E-state index in [0.717, 1.165) is 81.2 Å². The van der Waals surface area contributed by atoms with E-state index < -0.39 is 23.7 Å². The number of ketones is 1. The van der Waals surface area contributed by atoms with Crippen molar-refractivity contribution in [2.24, 2.45) is 0 Å². The third-order valence-electron chi connectivity index (χ3n) is 9.35. The third-order valence-corrected chi connectivity index (χ3v) is 9.66. The summed E-state index contributed by atoms with van der Waals surface area (Å²) in [6.45, 7) is 3.35. The number of likely N-dealkylation sites (tertiary alicyclic amines) is 1. The molecule has 1 aliphatic carbocycles. The summed E-state index contributed by atoms with van der Waals surface area (Å²) in [5.74, 6) is -2.30. The van der Waals surface area contributed by atoms with E-state index in [1.807, 2.05) is 6.07 Å². The number of hydrogen-bond donors (Lipinski definition) is 3. The summed E-state index contributed by atoms with van der Waals surface area (Å²) in [6, 6.07) is 4.52. The molecule has 2 atom stereocenters. The predicted octanol–water partition coefficient (Wildman–Crippen LogP) is 6.67. The maximum atomic E-state index is 14.1. The Kier molecular flexibility index (Phi) is 12.4. The molecule has 0 bridgehead atoms. The number of benzene rings is 1. The van der Waals surface area contributed by atoms with Crippen molar-refractivity contribution in [1.82, 2.24) is 25.5 Å². The molecule has 244 valence electrons. The van der Waals surface area contributed by atoms with Gasteiger partial charge in [-0.2, -0.15) is 0 Å². The number of nitrogens with zero attached hydrogens (tertiary/aromatic N) is 2. The third kappa shape index (κ3) is 9.80. The average molecular weight is 642 g/mol. The number of nitrogens with one attached hydrogen (secondary N) is 3. The zero-order valence-electron chi connectivity index (χ0n) is 26.1. The Labute approximate surface area is 269 Å². The number of unbranched alkanes of at least 4 members (excludes halogenated alkanes) is 1. The Morgan fingerprint density at radius 3 is 2.53 bits per heavy atom. The quantitative estimate of drug-likeness (QED) is 0.161. The number of amides is 1. The molecule has 1 aromatic carbocycles. The molecule has 1 saturated heterocycles. The molecular weight excluding hydrogens is 596 g/mol. The van der Waals surface area contributed by atoms with Gasteiger partial charge in [-0.05, 0) is 100 Å². The van der Waals surface area contributed by atoms with Crippen LogP contribution in [0.4, 0.5) is 8.78 Å². The molecule has 7 nitrogen and oxygen atoms in total. The number of carbonyl (C=O) groups excluding carboxylic acids is 2. The monoisotopic (exact) mass is 641 g/mol. The number of aromatic nitrogens is 2. The molecule has 45 heavy (non-hydrogen) atoms. The van der Waals surface area contributed by atoms with Crippen LogP contribution in [0.1, 0.15) is 88.2 Å². The van der Waals surface area contributed by atoms with Crippen LogP contribution in [-0.2, 0) is 22.4 Å². The number of pyridine rings is 1. The summed E-state index contributed by atoms with van der Waals surface area (Å²) in [6.07, 6.45) is 16.1. The lowest BCUT2D eigenvalue weighted by Crippen LogP contribution is -2.53. The second-order valence-corrected chi connectivity index (χ2v) is 13.2. The molecule has 5 rings (SSSR count). The largest absolute Gasteiger partial charge is 0.345 e. The molecule has 2 aliphatic rings. The van der Waals surface area contributed by atoms with Crippen molar-refractivity contribution in [3.63, 3.8) is 0 Å². The second-order valence-electron chi connectivity index (χ2n) is 12.8. The molecule has 1 amide bonds. The average Bonchev–Trinajstić information content (AvgIpc) is 3.43. The Hall–Kier alpha value is -2.88. The lowest BCUT2D eigenvalue weighted by atomic mass is 9.93. The van der Waals surface area contributed by atoms with Gasteiger partial charge in [-0.25, -0.2) is 13.8 Å². The molecule has 3 N–H and O–H groups in total. The first kappa shape index (κ1) is 33.5. The second kappa shape index (κ2) is 16.6. The number of aromatic amines is 1. The Balaban J connectivity index is 1.26. The first-order valence-electron chi connectivity index (χ1n) is 16.7. The van der Waals surface area contributed by atoms with E-state index in [9.17, 15) is 18.4 Å². The van der Waals surface area contributed by atoms with Crippen LogP contribution in [0.15, 0.2) is 36.7 Å². The van der Waals surface area contributed by atoms with Gasteiger partial charge in [0.25, 0.3) is 0 Å². The van der Waals surface area contributed by atoms with Crippen molar-refractivity contribution in [2.75, 3.05) is 19.6 Å². The first-order chi connectivity index (χ1) is 21.9. The lowest BCUT2D eigenvalue weighted by molar-refractivity contribution is -0.129. The van der Waals surface area contributed by atoms with Gasteiger partial charge in [-0.1, -0.05) is 49.8 Å². The summed E-state index contributed by atoms with van der Waals surface area (Å²) in [5.41, 5.74) is 1.97. The van der Waals surface area contributed by atoms with Gasteiger partial charge in [-0.15, -0.1) is 0 Å². The fourth-order valence-electron chi connectivity index (χ4n) is 6.72. The SMILES string of the molecule is O=C(CCc1cnc2[nH]cc(Cl)c2c1)[C@H](Cc1ccc(F)c(F)c1)NC(=O)[C@@H](CCCCN1CCCCC1)NC1CCCCC1. The van der Waals surface area contributed by atoms with E-state index in [2.05, 4.69) is 25.5 Å². The molecular formula is C35H46ClF2N5O2. The van der Waals surface area contributed by atoms with Gasteiger partial charge in [-0.3, -0.25) is 9.59 Å². The highest BCUT2D eigenvalue weighted by molar-refractivity contribution is 6.35. The Morgan fingerprint density at radius 1 is 0.978 bits per heavy atom. The maximum Gasteiger partial charge on any atom is 0.237 e. The summed E-state index contributed by atoms with van der Waals surface area (Å²) < 4.78 is 27.8. The summed E-state index contributed by atoms with van der Waals surface area (Å²) in [7, 11) is 0. The molecule has 1 saturated carbocycles. The molecule has 3 aromatic rings. The van der Waals surface area contributed by atoms with Gasteiger partial charge in [0.15, 0.2) is 17.4 Å². The number of halogens is 3. The first-order valence-corrected chi connectivity index (χ1v) is 17.1. The number of piperidine rings is 1. The van der Waals surface area contributed by atoms with Crippen LogP contribution in [0.5, 0.6) is 0 Å². The van der Waals surface area contributed by atoms with Crippen LogP contribution in [0.3, 0.4) is 0 Å². The van der Waals surface area contributed by atoms with E-state index in [4.69, 9.17) is 11.6 Å². The Morgan fingerprint density at radius 2 is 1.76 bits per heavy atom. The molecule has 3 heterocycles. The highest BCUT2D eigenvalue weighted by atomic mass is 35.5. The predicted molar refractivity (Wildman–Crippen MR) is 174 cm³/mol. The minimum absolute atomic E-state index is 0.0772. The molecule has 10 heteroatoms. The van der Waals surface area contributed by atoms with Crippen LogP contribution < -0.4 is 10.6 Å². The highest BCUT2D eigenvalue weighted by Gasteiger charge is 2.28. The summed E-state index contributed by atoms with van der Waals surface area (Å²) >= 11 is 6.26. The molecule has 1 aliphatic heterocycles. The van der Waals surface area contributed by atoms with Crippen molar-refractivity contribution < 1.29 is 18.4 Å². The fraction of sp³-hybridized carbons (Fsp3) is 0.571. The van der Waals surface area contributed by atoms with Crippen molar-refractivity contribution in [3.8, 4) is 0 Å². The molecule has 0 spiro atoms. The fourth-order valence-corrected chi connectivity index (χ4v) is 6.92. The number of H-pyrrole nitrogens is 1. The van der Waals surface area contributed by atoms with Crippen LogP contribution in [-0.4, -0.2) is 64.3 Å². The van der Waals surface area contributed by atoms with E-state index in [1.165, 1.54) is 31.7 Å². The van der Waals surface area contributed by atoms with Crippen molar-refractivity contribution >= 4 is 34.3 Å². The minimum Gasteiger partial charge on any atom is -0.345 e. The van der Waals surface area contributed by atoms with Gasteiger partial charge in [0, 0.05) is 30.2 Å². The zero-order valence-corrected chi connectivity index (χ0v) is 26.8. The molecule has 0 unspecified atom stereocenters. The van der Waals surface area contributed by atoms with E-state index in [0.29, 0.717) is 29.1 Å². The smallest absolute Gasteiger partial charge is 0.237 e. The normalized spacial score (nSPS) is 17.8. The van der Waals surface area contributed by atoms with Crippen LogP contribution in [0.2, 0.25) is 5.02 Å². The minimum atomic E-state index is -0.974. The number of rotatable bonds is 15. The van der Waals surface area contributed by atoms with E-state index in [-0.39, 0.29) is 30.6 Å². The van der Waals surface area contributed by atoms with E-state index >= 15 is 0 Å². The molecule has 0 radical (unpaired) electrons. The number of fused-ring (bicyclic) bond motifs is 1. The molecule has 2 aromatic heterocycles. The lowest BCUT2D eigenvalue weighted by Gasteiger charge is -2.30. The molecule has 2 fully saturated rings. The zero-order chi connectivity index (χ0) is 31.6. The topological polar surface area (TPSA) is 90.1 Å². The number of Topliss-reactive ketones (excluding diaryl/α,β-unsaturated/α-hetero) is 1.